The van der Waals surface area contributed by atoms with Gasteiger partial charge in [0.05, 0.1) is 5.71 Å². The van der Waals surface area contributed by atoms with Crippen LogP contribution in [-0.2, 0) is 9.53 Å². The lowest BCUT2D eigenvalue weighted by molar-refractivity contribution is -0.179. The predicted octanol–water partition coefficient (Wildman–Crippen LogP) is 3.73. The topological polar surface area (TPSA) is 50.7 Å². The third-order valence-electron chi connectivity index (χ3n) is 5.60. The summed E-state index contributed by atoms with van der Waals surface area (Å²) in [4.78, 5) is 17.2. The van der Waals surface area contributed by atoms with E-state index in [1.165, 1.54) is 0 Å². The summed E-state index contributed by atoms with van der Waals surface area (Å²) in [5, 5.41) is 2.25. The quantitative estimate of drug-likeness (QED) is 0.789. The molecule has 0 saturated heterocycles. The van der Waals surface area contributed by atoms with Crippen LogP contribution in [0.15, 0.2) is 52.4 Å². The molecule has 8 heteroatoms. The van der Waals surface area contributed by atoms with Crippen molar-refractivity contribution in [2.24, 2.45) is 10.9 Å². The van der Waals surface area contributed by atoms with Crippen LogP contribution in [-0.4, -0.2) is 41.4 Å². The number of hydrogen-bond acceptors (Lipinski definition) is 4. The third kappa shape index (κ3) is 2.99. The van der Waals surface area contributed by atoms with Crippen molar-refractivity contribution in [2.45, 2.75) is 46.8 Å². The summed E-state index contributed by atoms with van der Waals surface area (Å²) in [5.74, 6) is -2.25. The minimum Gasteiger partial charge on any atom is -0.368 e. The van der Waals surface area contributed by atoms with E-state index in [0.29, 0.717) is 25.0 Å². The van der Waals surface area contributed by atoms with E-state index in [1.807, 2.05) is 42.5 Å². The number of halogens is 3. The van der Waals surface area contributed by atoms with Gasteiger partial charge in [-0.2, -0.15) is 13.2 Å². The highest BCUT2D eigenvalue weighted by Gasteiger charge is 2.66. The van der Waals surface area contributed by atoms with Gasteiger partial charge in [-0.3, -0.25) is 9.79 Å². The Morgan fingerprint density at radius 1 is 1.33 bits per heavy atom. The van der Waals surface area contributed by atoms with E-state index in [0.717, 1.165) is 4.90 Å². The average Bonchev–Trinajstić information content (AvgIpc) is 2.79. The number of ether oxygens (including phenoxy) is 1. The van der Waals surface area contributed by atoms with Gasteiger partial charge in [-0.1, -0.05) is 24.3 Å². The van der Waals surface area contributed by atoms with Crippen molar-refractivity contribution < 1.29 is 22.7 Å². The number of nitrogens with zero attached hydrogens (tertiary/aromatic N) is 1. The van der Waals surface area contributed by atoms with Gasteiger partial charge in [0.15, 0.2) is 0 Å². The lowest BCUT2D eigenvalue weighted by Gasteiger charge is -2.49. The first-order chi connectivity index (χ1) is 12.8. The standard InChI is InChI=1S/C19H19F3N2O2S/c1-26-17-9-7-13(27-12-5-3-2-4-6-12)11-15(17)23-18(10-8-14(17)18)24-16(25)19(20,21)22/h2-7,9,13-14H,8,10-11H2,1H3,(H,24,25)/t13-,14+,17+,18-/m1/s1. The van der Waals surface area contributed by atoms with Crippen LogP contribution in [0.4, 0.5) is 13.2 Å². The summed E-state index contributed by atoms with van der Waals surface area (Å²) in [7, 11) is 1.55. The number of nitrogens with one attached hydrogen (secondary N) is 1. The number of fused-ring (bicyclic) bond motifs is 3. The van der Waals surface area contributed by atoms with Crippen LogP contribution in [0.3, 0.4) is 0 Å². The van der Waals surface area contributed by atoms with Gasteiger partial charge in [-0.25, -0.2) is 0 Å². The number of amides is 1. The summed E-state index contributed by atoms with van der Waals surface area (Å²) >= 11 is 1.67. The lowest BCUT2D eigenvalue weighted by atomic mass is 9.64. The molecule has 0 bridgehead atoms. The summed E-state index contributed by atoms with van der Waals surface area (Å²) < 4.78 is 44.1. The molecule has 1 aromatic carbocycles. The number of aliphatic imine (C=N–C) groups is 1. The van der Waals surface area contributed by atoms with Crippen molar-refractivity contribution in [2.75, 3.05) is 7.11 Å². The Bertz CT molecular complexity index is 811. The second-order valence-corrected chi connectivity index (χ2v) is 8.37. The van der Waals surface area contributed by atoms with Gasteiger partial charge in [-0.15, -0.1) is 11.8 Å². The third-order valence-corrected chi connectivity index (χ3v) is 6.77. The Hall–Kier alpha value is -1.80. The molecule has 4 atom stereocenters. The zero-order valence-electron chi connectivity index (χ0n) is 14.6. The first kappa shape index (κ1) is 18.6. The number of rotatable bonds is 4. The van der Waals surface area contributed by atoms with Crippen LogP contribution < -0.4 is 5.32 Å². The molecule has 3 aliphatic rings. The maximum atomic E-state index is 12.8. The number of methoxy groups -OCH3 is 1. The van der Waals surface area contributed by atoms with Gasteiger partial charge < -0.3 is 10.1 Å². The number of carbonyl (C=O) groups is 1. The summed E-state index contributed by atoms with van der Waals surface area (Å²) in [6.45, 7) is 0. The van der Waals surface area contributed by atoms with E-state index < -0.39 is 23.3 Å². The van der Waals surface area contributed by atoms with Gasteiger partial charge in [0.25, 0.3) is 0 Å². The van der Waals surface area contributed by atoms with Gasteiger partial charge in [0, 0.05) is 29.6 Å². The van der Waals surface area contributed by atoms with Crippen molar-refractivity contribution in [3.63, 3.8) is 0 Å². The monoisotopic (exact) mass is 396 g/mol. The van der Waals surface area contributed by atoms with E-state index in [4.69, 9.17) is 4.74 Å². The van der Waals surface area contributed by atoms with E-state index in [2.05, 4.69) is 10.3 Å². The van der Waals surface area contributed by atoms with Crippen LogP contribution in [0.1, 0.15) is 19.3 Å². The number of carbonyl (C=O) groups excluding carboxylic acids is 1. The van der Waals surface area contributed by atoms with Crippen LogP contribution in [0.25, 0.3) is 0 Å². The Balaban J connectivity index is 1.59. The van der Waals surface area contributed by atoms with Crippen LogP contribution in [0, 0.1) is 5.92 Å². The fraction of sp³-hybridized carbons (Fsp3) is 0.474. The highest BCUT2D eigenvalue weighted by Crippen LogP contribution is 2.56. The van der Waals surface area contributed by atoms with Gasteiger partial charge in [0.2, 0.25) is 0 Å². The molecular weight excluding hydrogens is 377 g/mol. The normalized spacial score (nSPS) is 34.3. The van der Waals surface area contributed by atoms with Crippen LogP contribution in [0.2, 0.25) is 0 Å². The summed E-state index contributed by atoms with van der Waals surface area (Å²) in [5.41, 5.74) is -1.33. The fourth-order valence-corrected chi connectivity index (χ4v) is 5.31. The fourth-order valence-electron chi connectivity index (χ4n) is 4.25. The SMILES string of the molecule is CO[C@]12C=C[C@@H](Sc3ccccc3)CC1=N[C@@]1(NC(=O)C(F)(F)F)CC[C@H]12. The zero-order valence-corrected chi connectivity index (χ0v) is 15.4. The molecule has 1 N–H and O–H groups in total. The molecule has 0 aromatic heterocycles. The first-order valence-corrected chi connectivity index (χ1v) is 9.62. The second kappa shape index (κ2) is 6.38. The van der Waals surface area contributed by atoms with Gasteiger partial charge >= 0.3 is 12.1 Å². The molecule has 1 heterocycles. The Morgan fingerprint density at radius 3 is 2.67 bits per heavy atom. The summed E-state index contributed by atoms with van der Waals surface area (Å²) in [6, 6.07) is 9.90. The molecular formula is C19H19F3N2O2S. The Labute approximate surface area is 159 Å². The minimum atomic E-state index is -4.93. The highest BCUT2D eigenvalue weighted by molar-refractivity contribution is 8.00. The number of thioether (sulfide) groups is 1. The van der Waals surface area contributed by atoms with Gasteiger partial charge in [-0.05, 0) is 31.1 Å². The molecule has 1 amide bonds. The first-order valence-electron chi connectivity index (χ1n) is 8.74. The lowest BCUT2D eigenvalue weighted by Crippen LogP contribution is -2.64. The summed E-state index contributed by atoms with van der Waals surface area (Å²) in [6.07, 6.45) is 0.647. The molecule has 1 aromatic rings. The smallest absolute Gasteiger partial charge is 0.368 e. The van der Waals surface area contributed by atoms with Gasteiger partial charge in [0.1, 0.15) is 11.3 Å². The molecule has 144 valence electrons. The molecule has 1 saturated carbocycles. The number of benzene rings is 1. The minimum absolute atomic E-state index is 0.113. The zero-order chi connectivity index (χ0) is 19.3. The van der Waals surface area contributed by atoms with E-state index in [1.54, 1.807) is 18.9 Å². The predicted molar refractivity (Wildman–Crippen MR) is 96.7 cm³/mol. The van der Waals surface area contributed by atoms with E-state index in [-0.39, 0.29) is 11.2 Å². The van der Waals surface area contributed by atoms with Crippen molar-refractivity contribution in [3.8, 4) is 0 Å². The molecule has 0 spiro atoms. The van der Waals surface area contributed by atoms with Crippen LogP contribution in [0.5, 0.6) is 0 Å². The maximum Gasteiger partial charge on any atom is 0.471 e. The largest absolute Gasteiger partial charge is 0.471 e. The van der Waals surface area contributed by atoms with E-state index in [9.17, 15) is 18.0 Å². The van der Waals surface area contributed by atoms with E-state index >= 15 is 0 Å². The second-order valence-electron chi connectivity index (χ2n) is 7.06. The molecule has 0 radical (unpaired) electrons. The van der Waals surface area contributed by atoms with Crippen molar-refractivity contribution in [1.82, 2.24) is 5.32 Å². The molecule has 1 fully saturated rings. The average molecular weight is 396 g/mol. The number of hydrogen-bond donors (Lipinski definition) is 1. The Kier molecular flexibility index (Phi) is 4.38. The van der Waals surface area contributed by atoms with Crippen molar-refractivity contribution in [1.29, 1.82) is 0 Å². The maximum absolute atomic E-state index is 12.8. The molecule has 27 heavy (non-hydrogen) atoms. The highest BCUT2D eigenvalue weighted by atomic mass is 32.2. The molecule has 1 aliphatic heterocycles. The molecule has 4 rings (SSSR count). The van der Waals surface area contributed by atoms with Crippen molar-refractivity contribution in [3.05, 3.63) is 42.5 Å². The van der Waals surface area contributed by atoms with Crippen molar-refractivity contribution >= 4 is 23.4 Å². The molecule has 2 aliphatic carbocycles. The molecule has 4 nitrogen and oxygen atoms in total. The number of alkyl halides is 3. The molecule has 0 unspecified atom stereocenters. The Morgan fingerprint density at radius 2 is 2.07 bits per heavy atom. The van der Waals surface area contributed by atoms with Crippen LogP contribution >= 0.6 is 11.8 Å².